The second kappa shape index (κ2) is 41.3. The summed E-state index contributed by atoms with van der Waals surface area (Å²) in [7, 11) is 8.52. The molecule has 11 aliphatic rings. The number of para-hydroxylation sites is 1. The molecule has 0 spiro atoms. The maximum atomic E-state index is 13.9. The molecule has 0 bridgehead atoms. The third kappa shape index (κ3) is 19.2. The lowest BCUT2D eigenvalue weighted by molar-refractivity contribution is -0.137. The van der Waals surface area contributed by atoms with E-state index >= 15 is 0 Å². The quantitative estimate of drug-likeness (QED) is 0.0351. The standard InChI is InChI=1S/C30H29N5O3.C30H29N5O2.C29H27N5O3.C29H28N4O2/c1-17-28(36)34-25-11-10-21(13-26(25)33-17)32-15-19-7-5-9-23(19)30(38)35-16-20-12-18-6-3-4-8-22(18)24(20)14-27(35)29(37)31-2;1-18-15-33-27-13-22(10-11-26(27)34-18)32-16-20-7-5-9-24(20)30(37)35-17-21-12-19-6-3-4-8-23(19)25(21)14-28(35)29(36)31-2;1-30-28(35)25-16-21-20-5-3-4-6-24(20)33(2)26(21)17-34(25)29(36)27-19(11-14-37-27)9-7-18-8-10-22-23(15-18)32-13-12-31-22;1-30-28(34)27-15-25-21(13-18-5-2-3-7-23(18)25)17-33(27)29(35)24-8-4-6-20(24)16-32-22-9-10-26-19(14-22)11-12-31-26/h3-8,10-11,13,27,32H,9,12,14-16H2,1-2H3,(H,31,37)(H,34,36);3-8,10-11,13,15,28,32H,9,12,14,16-17H2,1-2H3,(H,31,36);3-6,8,10-15,25H,7,9,16-17H2,1-2H3,(H,30,35);2-7,9-10,12,14,27,32H,8,11,13,15-17H2,1H3,(H,30,34)/t27-;28-;25-;27-/m1111/s1. The van der Waals surface area contributed by atoms with E-state index in [2.05, 4.69) is 137 Å². The van der Waals surface area contributed by atoms with Crippen LogP contribution in [0.25, 0.3) is 60.7 Å². The monoisotopic (exact) mass is 1960 g/mol. The minimum absolute atomic E-state index is 0.0368. The number of anilines is 3. The van der Waals surface area contributed by atoms with Gasteiger partial charge < -0.3 is 70.8 Å². The molecule has 0 saturated carbocycles. The average molecular weight is 1960 g/mol. The van der Waals surface area contributed by atoms with Crippen molar-refractivity contribution < 1.29 is 42.8 Å². The number of fused-ring (bicyclic) bond motifs is 13. The summed E-state index contributed by atoms with van der Waals surface area (Å²) in [6.45, 7) is 6.92. The molecule has 5 aliphatic heterocycles. The maximum absolute atomic E-state index is 13.9. The zero-order valence-corrected chi connectivity index (χ0v) is 83.0. The molecule has 740 valence electrons. The van der Waals surface area contributed by atoms with Crippen LogP contribution in [0.3, 0.4) is 0 Å². The largest absolute Gasteiger partial charge is 0.459 e. The third-order valence-electron chi connectivity index (χ3n) is 30.2. The van der Waals surface area contributed by atoms with Crippen LogP contribution in [0.15, 0.2) is 302 Å². The highest BCUT2D eigenvalue weighted by atomic mass is 16.3. The van der Waals surface area contributed by atoms with Crippen LogP contribution in [-0.4, -0.2) is 199 Å². The Labute approximate surface area is 849 Å². The molecule has 0 unspecified atom stereocenters. The Morgan fingerprint density at radius 1 is 0.442 bits per heavy atom. The van der Waals surface area contributed by atoms with Gasteiger partial charge in [0.05, 0.1) is 57.3 Å². The summed E-state index contributed by atoms with van der Waals surface area (Å²) in [6.07, 6.45) is 29.2. The van der Waals surface area contributed by atoms with E-state index < -0.39 is 24.2 Å². The van der Waals surface area contributed by atoms with E-state index in [4.69, 9.17) is 4.42 Å². The molecule has 29 nitrogen and oxygen atoms in total. The van der Waals surface area contributed by atoms with Gasteiger partial charge in [-0.3, -0.25) is 63.1 Å². The summed E-state index contributed by atoms with van der Waals surface area (Å²) in [5.74, 6) is -0.719. The summed E-state index contributed by atoms with van der Waals surface area (Å²) in [5.41, 5.74) is 36.0. The normalized spacial score (nSPS) is 17.8. The van der Waals surface area contributed by atoms with Gasteiger partial charge >= 0.3 is 0 Å². The number of aryl methyl sites for hydroxylation is 5. The number of nitrogens with one attached hydrogen (secondary N) is 8. The molecule has 8 amide bonds. The lowest BCUT2D eigenvalue weighted by atomic mass is 9.91. The minimum Gasteiger partial charge on any atom is -0.459 e. The van der Waals surface area contributed by atoms with Gasteiger partial charge in [0.2, 0.25) is 23.6 Å². The van der Waals surface area contributed by atoms with Crippen LogP contribution >= 0.6 is 0 Å². The highest BCUT2D eigenvalue weighted by molar-refractivity contribution is 6.05. The van der Waals surface area contributed by atoms with Gasteiger partial charge in [-0.25, -0.2) is 9.97 Å². The first-order chi connectivity index (χ1) is 71.6. The van der Waals surface area contributed by atoms with Crippen LogP contribution in [0.1, 0.15) is 122 Å². The van der Waals surface area contributed by atoms with E-state index in [1.54, 1.807) is 79.6 Å². The minimum atomic E-state index is -0.618. The zero-order valence-electron chi connectivity index (χ0n) is 83.0. The van der Waals surface area contributed by atoms with E-state index in [9.17, 15) is 43.2 Å². The number of hydrogen-bond acceptors (Lipinski definition) is 19. The topological polar surface area (TPSA) is 361 Å². The van der Waals surface area contributed by atoms with Crippen molar-refractivity contribution in [2.45, 2.75) is 128 Å². The van der Waals surface area contributed by atoms with Crippen molar-refractivity contribution in [1.29, 1.82) is 0 Å². The summed E-state index contributed by atoms with van der Waals surface area (Å²) in [4.78, 5) is 155. The van der Waals surface area contributed by atoms with Crippen molar-refractivity contribution >= 4 is 137 Å². The zero-order chi connectivity index (χ0) is 101. The predicted octanol–water partition coefficient (Wildman–Crippen LogP) is 15.0. The Balaban J connectivity index is 0.000000115. The van der Waals surface area contributed by atoms with E-state index in [1.807, 2.05) is 172 Å². The molecule has 10 heterocycles. The Kier molecular flexibility index (Phi) is 27.0. The molecular formula is C118H113N19O10. The first-order valence-corrected chi connectivity index (χ1v) is 50.2. The summed E-state index contributed by atoms with van der Waals surface area (Å²) in [6, 6.07) is 56.6. The number of allylic oxidation sites excluding steroid dienone is 3. The number of hydrogen-bond donors (Lipinski definition) is 8. The third-order valence-corrected chi connectivity index (χ3v) is 30.2. The van der Waals surface area contributed by atoms with Crippen molar-refractivity contribution in [2.75, 3.05) is 83.4 Å². The number of amides is 8. The lowest BCUT2D eigenvalue weighted by Gasteiger charge is -2.36. The van der Waals surface area contributed by atoms with Gasteiger partial charge in [-0.15, -0.1) is 0 Å². The molecule has 8 aromatic carbocycles. The Hall–Kier alpha value is -17.1. The number of nitrogens with zero attached hydrogens (tertiary/aromatic N) is 11. The summed E-state index contributed by atoms with van der Waals surface area (Å²) in [5, 5.41) is 22.5. The van der Waals surface area contributed by atoms with Crippen LogP contribution < -0.4 is 42.8 Å². The van der Waals surface area contributed by atoms with Gasteiger partial charge in [0.15, 0.2) is 5.76 Å². The number of H-pyrrole nitrogens is 1. The molecule has 0 radical (unpaired) electrons. The number of carbonyl (C=O) groups excluding carboxylic acids is 8. The number of benzene rings is 8. The van der Waals surface area contributed by atoms with E-state index in [0.717, 1.165) is 144 Å². The van der Waals surface area contributed by atoms with E-state index in [0.29, 0.717) is 119 Å². The van der Waals surface area contributed by atoms with Crippen molar-refractivity contribution in [3.05, 3.63) is 376 Å². The van der Waals surface area contributed by atoms with Crippen molar-refractivity contribution in [3.8, 4) is 0 Å². The SMILES string of the molecule is CNC(=O)[C@H]1CC2=C(Cc3ccccc32)CN1C(=O)C1=C(CNc2ccc3[nH]c(=O)c(C)nc3c2)C=CC1.CNC(=O)[C@H]1CC2=C(Cc3ccccc32)CN1C(=O)C1=C(CNc2ccc3c(c2)CC=N3)C=CC1.CNC(=O)[C@H]1CC2=C(Cc3ccccc32)CN1C(=O)C1=C(CNc2ccc3nc(C)cnc3c2)C=CC1.CNC(=O)[C@H]1Cc2c(n(C)c3ccccc23)CN1C(=O)c1occc1CCc1ccc2nccnc2c1. The van der Waals surface area contributed by atoms with Gasteiger partial charge in [-0.2, -0.15) is 0 Å². The van der Waals surface area contributed by atoms with Gasteiger partial charge in [0.25, 0.3) is 29.2 Å². The Morgan fingerprint density at radius 2 is 0.912 bits per heavy atom. The number of likely N-dealkylation sites (N-methyl/N-ethyl adjacent to an activating group) is 4. The highest BCUT2D eigenvalue weighted by Gasteiger charge is 2.45. The molecule has 147 heavy (non-hydrogen) atoms. The number of aliphatic imine (C=N–C) groups is 1. The van der Waals surface area contributed by atoms with E-state index in [1.165, 1.54) is 72.4 Å². The molecule has 8 N–H and O–H groups in total. The molecule has 13 aromatic rings. The van der Waals surface area contributed by atoms with Crippen LogP contribution in [0, 0.1) is 13.8 Å². The fourth-order valence-electron chi connectivity index (χ4n) is 22.5. The second-order valence-electron chi connectivity index (χ2n) is 38.8. The van der Waals surface area contributed by atoms with Gasteiger partial charge in [0.1, 0.15) is 29.9 Å². The highest BCUT2D eigenvalue weighted by Crippen LogP contribution is 2.46. The number of carbonyl (C=O) groups is 8. The smallest absolute Gasteiger partial charge is 0.290 e. The molecule has 6 aliphatic carbocycles. The maximum Gasteiger partial charge on any atom is 0.290 e. The summed E-state index contributed by atoms with van der Waals surface area (Å²) >= 11 is 0. The predicted molar refractivity (Wildman–Crippen MR) is 571 cm³/mol. The van der Waals surface area contributed by atoms with Gasteiger partial charge in [-0.1, -0.05) is 134 Å². The molecule has 5 aromatic heterocycles. The first kappa shape index (κ1) is 96.0. The molecule has 4 atom stereocenters. The van der Waals surface area contributed by atoms with Crippen LogP contribution in [0.5, 0.6) is 0 Å². The summed E-state index contributed by atoms with van der Waals surface area (Å²) < 4.78 is 7.85. The van der Waals surface area contributed by atoms with Gasteiger partial charge in [0, 0.05) is 187 Å². The van der Waals surface area contributed by atoms with Crippen LogP contribution in [-0.2, 0) is 92.1 Å². The van der Waals surface area contributed by atoms with Crippen LogP contribution in [0.4, 0.5) is 22.7 Å². The molecule has 24 rings (SSSR count). The first-order valence-electron chi connectivity index (χ1n) is 50.2. The van der Waals surface area contributed by atoms with Crippen LogP contribution in [0.2, 0.25) is 0 Å². The molecule has 0 saturated heterocycles. The Bertz CT molecular complexity index is 8050. The number of aromatic amines is 1. The number of furan rings is 1. The number of rotatable bonds is 20. The van der Waals surface area contributed by atoms with Crippen molar-refractivity contribution in [1.82, 2.24) is 75.3 Å². The van der Waals surface area contributed by atoms with Crippen molar-refractivity contribution in [2.24, 2.45) is 12.0 Å². The fourth-order valence-corrected chi connectivity index (χ4v) is 22.5. The van der Waals surface area contributed by atoms with Crippen molar-refractivity contribution in [3.63, 3.8) is 0 Å². The van der Waals surface area contributed by atoms with E-state index in [-0.39, 0.29) is 58.6 Å². The number of aromatic nitrogens is 7. The molecule has 0 fully saturated rings. The fraction of sp³-hybridized carbons (Fsp3) is 0.263. The van der Waals surface area contributed by atoms with Gasteiger partial charge in [-0.05, 0) is 244 Å². The Morgan fingerprint density at radius 3 is 1.46 bits per heavy atom. The molecular weight excluding hydrogens is 1840 g/mol. The lowest BCUT2D eigenvalue weighted by Crippen LogP contribution is -2.52. The second-order valence-corrected chi connectivity index (χ2v) is 38.8. The average Bonchev–Trinajstić information content (AvgIpc) is 1.64. The molecule has 29 heteroatoms.